The van der Waals surface area contributed by atoms with Gasteiger partial charge in [0, 0.05) is 19.6 Å². The normalized spacial score (nSPS) is 12.2. The molecule has 0 spiro atoms. The Balaban J connectivity index is 3.59. The molecule has 0 radical (unpaired) electrons. The van der Waals surface area contributed by atoms with E-state index in [-0.39, 0.29) is 6.29 Å². The second-order valence-electron chi connectivity index (χ2n) is 10.4. The molecule has 176 valence electrons. The van der Waals surface area contributed by atoms with Crippen LogP contribution in [0.4, 0.5) is 0 Å². The molecule has 0 unspecified atom stereocenters. The highest BCUT2D eigenvalue weighted by molar-refractivity contribution is 4.54. The number of hydrogen-bond acceptors (Lipinski definition) is 2. The smallest absolute Gasteiger partial charge is 0.157 e. The highest BCUT2D eigenvalue weighted by atomic mass is 16.7. The van der Waals surface area contributed by atoms with Crippen LogP contribution in [0, 0.1) is 17.8 Å². The summed E-state index contributed by atoms with van der Waals surface area (Å²) in [6, 6.07) is 0. The molecule has 29 heavy (non-hydrogen) atoms. The fourth-order valence-electron chi connectivity index (χ4n) is 3.72. The summed E-state index contributed by atoms with van der Waals surface area (Å²) in [5.74, 6) is 2.34. The van der Waals surface area contributed by atoms with Crippen LogP contribution in [0.1, 0.15) is 138 Å². The van der Waals surface area contributed by atoms with E-state index in [1.54, 1.807) is 0 Å². The largest absolute Gasteiger partial charge is 0.353 e. The van der Waals surface area contributed by atoms with E-state index >= 15 is 0 Å². The number of ether oxygens (including phenoxy) is 2. The van der Waals surface area contributed by atoms with Crippen molar-refractivity contribution in [2.24, 2.45) is 17.8 Å². The minimum absolute atomic E-state index is 0.00656. The zero-order chi connectivity index (χ0) is 21.7. The lowest BCUT2D eigenvalue weighted by molar-refractivity contribution is -0.152. The third-order valence-corrected chi connectivity index (χ3v) is 5.62. The molecule has 0 bridgehead atoms. The Bertz CT molecular complexity index is 286. The summed E-state index contributed by atoms with van der Waals surface area (Å²) in [7, 11) is 0. The van der Waals surface area contributed by atoms with E-state index in [1.165, 1.54) is 89.9 Å². The number of hydrogen-bond donors (Lipinski definition) is 0. The first-order valence-corrected chi connectivity index (χ1v) is 13.1. The summed E-state index contributed by atoms with van der Waals surface area (Å²) in [4.78, 5) is 0. The summed E-state index contributed by atoms with van der Waals surface area (Å²) < 4.78 is 12.1. The predicted octanol–water partition coefficient (Wildman–Crippen LogP) is 9.17. The highest BCUT2D eigenvalue weighted by Gasteiger charge is 2.11. The van der Waals surface area contributed by atoms with Crippen molar-refractivity contribution in [3.05, 3.63) is 0 Å². The van der Waals surface area contributed by atoms with Gasteiger partial charge in [-0.05, 0) is 30.6 Å². The molecule has 0 N–H and O–H groups in total. The van der Waals surface area contributed by atoms with E-state index in [2.05, 4.69) is 41.5 Å². The Morgan fingerprint density at radius 3 is 1.10 bits per heavy atom. The topological polar surface area (TPSA) is 18.5 Å². The molecule has 0 saturated heterocycles. The molecule has 0 atom stereocenters. The zero-order valence-electron chi connectivity index (χ0n) is 21.1. The summed E-state index contributed by atoms with van der Waals surface area (Å²) in [6.07, 6.45) is 19.8. The molecule has 0 fully saturated rings. The minimum Gasteiger partial charge on any atom is -0.353 e. The van der Waals surface area contributed by atoms with Gasteiger partial charge in [0.05, 0.1) is 0 Å². The van der Waals surface area contributed by atoms with Gasteiger partial charge < -0.3 is 9.47 Å². The number of unbranched alkanes of at least 4 members (excludes halogenated alkanes) is 10. The van der Waals surface area contributed by atoms with Gasteiger partial charge in [0.2, 0.25) is 0 Å². The van der Waals surface area contributed by atoms with Crippen LogP contribution in [0.3, 0.4) is 0 Å². The molecular weight excluding hydrogens is 356 g/mol. The van der Waals surface area contributed by atoms with E-state index in [0.717, 1.165) is 31.5 Å². The third kappa shape index (κ3) is 24.1. The van der Waals surface area contributed by atoms with Crippen molar-refractivity contribution < 1.29 is 9.47 Å². The van der Waals surface area contributed by atoms with Gasteiger partial charge >= 0.3 is 0 Å². The van der Waals surface area contributed by atoms with Crippen LogP contribution < -0.4 is 0 Å². The predicted molar refractivity (Wildman–Crippen MR) is 129 cm³/mol. The van der Waals surface area contributed by atoms with Gasteiger partial charge in [-0.15, -0.1) is 0 Å². The lowest BCUT2D eigenvalue weighted by Gasteiger charge is -2.20. The monoisotopic (exact) mass is 412 g/mol. The molecule has 0 saturated carbocycles. The molecule has 2 nitrogen and oxygen atoms in total. The van der Waals surface area contributed by atoms with E-state index in [1.807, 2.05) is 0 Å². The van der Waals surface area contributed by atoms with Gasteiger partial charge in [-0.3, -0.25) is 0 Å². The standard InChI is InChI=1S/C27H56O2/c1-24(2)19-15-11-7-9-13-17-21-28-27(23-26(5)6)29-22-18-14-10-8-12-16-20-25(3)4/h24-27H,7-23H2,1-6H3. The van der Waals surface area contributed by atoms with Crippen molar-refractivity contribution in [2.75, 3.05) is 13.2 Å². The van der Waals surface area contributed by atoms with Crippen molar-refractivity contribution in [1.82, 2.24) is 0 Å². The van der Waals surface area contributed by atoms with Crippen molar-refractivity contribution >= 4 is 0 Å². The van der Waals surface area contributed by atoms with Crippen LogP contribution in [0.2, 0.25) is 0 Å². The van der Waals surface area contributed by atoms with Gasteiger partial charge in [0.15, 0.2) is 6.29 Å². The van der Waals surface area contributed by atoms with Crippen LogP contribution in [0.25, 0.3) is 0 Å². The Kier molecular flexibility index (Phi) is 21.1. The van der Waals surface area contributed by atoms with E-state index < -0.39 is 0 Å². The summed E-state index contributed by atoms with van der Waals surface area (Å²) in [5, 5.41) is 0. The molecule has 0 aliphatic carbocycles. The Morgan fingerprint density at radius 2 is 0.759 bits per heavy atom. The average Bonchev–Trinajstić information content (AvgIpc) is 2.64. The zero-order valence-corrected chi connectivity index (χ0v) is 21.1. The molecule has 0 heterocycles. The van der Waals surface area contributed by atoms with Gasteiger partial charge in [0.25, 0.3) is 0 Å². The van der Waals surface area contributed by atoms with Gasteiger partial charge in [-0.2, -0.15) is 0 Å². The van der Waals surface area contributed by atoms with Crippen molar-refractivity contribution in [3.8, 4) is 0 Å². The van der Waals surface area contributed by atoms with Crippen molar-refractivity contribution in [2.45, 2.75) is 144 Å². The summed E-state index contributed by atoms with van der Waals surface area (Å²) in [6.45, 7) is 15.5. The molecule has 0 aliphatic heterocycles. The molecule has 0 aromatic rings. The molecule has 0 aromatic heterocycles. The van der Waals surface area contributed by atoms with E-state index in [0.29, 0.717) is 5.92 Å². The molecule has 0 aliphatic rings. The lowest BCUT2D eigenvalue weighted by atomic mass is 10.0. The first kappa shape index (κ1) is 28.9. The van der Waals surface area contributed by atoms with Crippen LogP contribution in [-0.2, 0) is 9.47 Å². The quantitative estimate of drug-likeness (QED) is 0.130. The maximum Gasteiger partial charge on any atom is 0.157 e. The molecular formula is C27H56O2. The van der Waals surface area contributed by atoms with Crippen LogP contribution in [0.15, 0.2) is 0 Å². The highest BCUT2D eigenvalue weighted by Crippen LogP contribution is 2.15. The SMILES string of the molecule is CC(C)CCCCCCCCOC(CC(C)C)OCCCCCCCCC(C)C. The first-order chi connectivity index (χ1) is 13.9. The van der Waals surface area contributed by atoms with E-state index in [4.69, 9.17) is 9.47 Å². The fourth-order valence-corrected chi connectivity index (χ4v) is 3.72. The maximum atomic E-state index is 6.07. The van der Waals surface area contributed by atoms with Crippen molar-refractivity contribution in [1.29, 1.82) is 0 Å². The lowest BCUT2D eigenvalue weighted by Crippen LogP contribution is -2.21. The second-order valence-corrected chi connectivity index (χ2v) is 10.4. The van der Waals surface area contributed by atoms with E-state index in [9.17, 15) is 0 Å². The molecule has 0 aromatic carbocycles. The van der Waals surface area contributed by atoms with Crippen LogP contribution in [-0.4, -0.2) is 19.5 Å². The number of rotatable bonds is 22. The molecule has 2 heteroatoms. The van der Waals surface area contributed by atoms with Gasteiger partial charge in [-0.25, -0.2) is 0 Å². The summed E-state index contributed by atoms with van der Waals surface area (Å²) >= 11 is 0. The Morgan fingerprint density at radius 1 is 0.414 bits per heavy atom. The Hall–Kier alpha value is -0.0800. The summed E-state index contributed by atoms with van der Waals surface area (Å²) in [5.41, 5.74) is 0. The molecule has 0 rings (SSSR count). The third-order valence-electron chi connectivity index (χ3n) is 5.62. The van der Waals surface area contributed by atoms with Gasteiger partial charge in [0.1, 0.15) is 0 Å². The second kappa shape index (κ2) is 21.2. The average molecular weight is 413 g/mol. The molecule has 0 amide bonds. The fraction of sp³-hybridized carbons (Fsp3) is 1.00. The van der Waals surface area contributed by atoms with Crippen LogP contribution in [0.5, 0.6) is 0 Å². The maximum absolute atomic E-state index is 6.07. The van der Waals surface area contributed by atoms with Crippen molar-refractivity contribution in [3.63, 3.8) is 0 Å². The minimum atomic E-state index is 0.00656. The first-order valence-electron chi connectivity index (χ1n) is 13.1. The van der Waals surface area contributed by atoms with Gasteiger partial charge in [-0.1, -0.05) is 119 Å². The van der Waals surface area contributed by atoms with Crippen LogP contribution >= 0.6 is 0 Å². The Labute approximate surface area is 184 Å².